The van der Waals surface area contributed by atoms with Gasteiger partial charge in [-0.3, -0.25) is 9.69 Å². The van der Waals surface area contributed by atoms with Crippen molar-refractivity contribution in [3.8, 4) is 0 Å². The number of Topliss-reactive ketones (excluding diaryl/α,β-unsaturated/α-hetero) is 1. The number of hydrogen-bond donors (Lipinski definition) is 0. The highest BCUT2D eigenvalue weighted by molar-refractivity contribution is 5.99. The first kappa shape index (κ1) is 16.7. The number of rotatable bonds is 5. The summed E-state index contributed by atoms with van der Waals surface area (Å²) in [5.74, 6) is 0.661. The van der Waals surface area contributed by atoms with Gasteiger partial charge in [-0.1, -0.05) is 25.8 Å². The molecule has 1 atom stereocenters. The van der Waals surface area contributed by atoms with E-state index in [1.807, 2.05) is 0 Å². The lowest BCUT2D eigenvalue weighted by Gasteiger charge is -2.28. The molecule has 3 nitrogen and oxygen atoms in total. The summed E-state index contributed by atoms with van der Waals surface area (Å²) in [6.45, 7) is 6.74. The molecule has 0 N–H and O–H groups in total. The average Bonchev–Trinajstić information content (AvgIpc) is 2.73. The first-order valence-corrected chi connectivity index (χ1v) is 7.34. The van der Waals surface area contributed by atoms with E-state index >= 15 is 0 Å². The highest BCUT2D eigenvalue weighted by Gasteiger charge is 2.30. The molecule has 0 spiro atoms. The van der Waals surface area contributed by atoms with Crippen LogP contribution in [0, 0.1) is 5.92 Å². The number of halogens is 1. The molecule has 1 saturated heterocycles. The summed E-state index contributed by atoms with van der Waals surface area (Å²) in [6, 6.07) is 0. The number of ketones is 1. The van der Waals surface area contributed by atoms with E-state index in [2.05, 4.69) is 17.9 Å². The number of carbonyl (C=O) groups excluding carboxylic acids is 1. The lowest BCUT2D eigenvalue weighted by Crippen LogP contribution is -2.40. The molecule has 1 aliphatic heterocycles. The fourth-order valence-electron chi connectivity index (χ4n) is 2.80. The first-order chi connectivity index (χ1) is 8.81. The molecule has 0 amide bonds. The van der Waals surface area contributed by atoms with Gasteiger partial charge in [0.15, 0.2) is 5.78 Å². The van der Waals surface area contributed by atoms with Crippen LogP contribution in [0.15, 0.2) is 11.6 Å². The standard InChI is InChI=1S/C15H25NO2.ClH/c1-2-3-4-5-13-6-7-14(15(13)17)12-16-8-10-18-11-9-16;/h5,14H,2-4,6-12H2,1H3;1H/b13-5+;. The van der Waals surface area contributed by atoms with Crippen LogP contribution in [0.1, 0.15) is 39.0 Å². The molecule has 0 radical (unpaired) electrons. The second-order valence-electron chi connectivity index (χ2n) is 5.38. The maximum atomic E-state index is 12.2. The van der Waals surface area contributed by atoms with Crippen molar-refractivity contribution in [3.05, 3.63) is 11.6 Å². The van der Waals surface area contributed by atoms with Crippen LogP contribution in [0.2, 0.25) is 0 Å². The van der Waals surface area contributed by atoms with Crippen LogP contribution < -0.4 is 0 Å². The zero-order valence-corrected chi connectivity index (χ0v) is 12.7. The van der Waals surface area contributed by atoms with E-state index in [0.717, 1.165) is 57.7 Å². The number of morpholine rings is 1. The van der Waals surface area contributed by atoms with Gasteiger partial charge in [-0.2, -0.15) is 0 Å². The summed E-state index contributed by atoms with van der Waals surface area (Å²) in [7, 11) is 0. The molecule has 2 aliphatic rings. The van der Waals surface area contributed by atoms with Gasteiger partial charge in [-0.25, -0.2) is 0 Å². The van der Waals surface area contributed by atoms with Gasteiger partial charge in [0.25, 0.3) is 0 Å². The molecule has 0 aromatic heterocycles. The van der Waals surface area contributed by atoms with Crippen LogP contribution in [0.5, 0.6) is 0 Å². The number of ether oxygens (including phenoxy) is 1. The van der Waals surface area contributed by atoms with Crippen molar-refractivity contribution in [2.75, 3.05) is 32.8 Å². The second-order valence-corrected chi connectivity index (χ2v) is 5.38. The van der Waals surface area contributed by atoms with Crippen LogP contribution in [0.3, 0.4) is 0 Å². The Morgan fingerprint density at radius 3 is 2.79 bits per heavy atom. The summed E-state index contributed by atoms with van der Waals surface area (Å²) in [5, 5.41) is 0. The fraction of sp³-hybridized carbons (Fsp3) is 0.800. The van der Waals surface area contributed by atoms with Gasteiger partial charge in [0.05, 0.1) is 13.2 Å². The first-order valence-electron chi connectivity index (χ1n) is 7.34. The van der Waals surface area contributed by atoms with Gasteiger partial charge in [0.2, 0.25) is 0 Å². The van der Waals surface area contributed by atoms with E-state index in [1.54, 1.807) is 0 Å². The third-order valence-electron chi connectivity index (χ3n) is 3.98. The maximum absolute atomic E-state index is 12.2. The second kappa shape index (κ2) is 8.72. The largest absolute Gasteiger partial charge is 0.379 e. The van der Waals surface area contributed by atoms with Gasteiger partial charge in [-0.15, -0.1) is 12.4 Å². The van der Waals surface area contributed by atoms with E-state index in [0.29, 0.717) is 5.78 Å². The fourth-order valence-corrected chi connectivity index (χ4v) is 2.80. The van der Waals surface area contributed by atoms with E-state index in [4.69, 9.17) is 4.74 Å². The van der Waals surface area contributed by atoms with Crippen LogP contribution in [0.25, 0.3) is 0 Å². The molecule has 1 saturated carbocycles. The molecule has 0 bridgehead atoms. The molecular weight excluding hydrogens is 262 g/mol. The summed E-state index contributed by atoms with van der Waals surface area (Å²) in [5.41, 5.74) is 1.10. The topological polar surface area (TPSA) is 29.5 Å². The summed E-state index contributed by atoms with van der Waals surface area (Å²) < 4.78 is 5.34. The quantitative estimate of drug-likeness (QED) is 0.575. The minimum Gasteiger partial charge on any atom is -0.379 e. The predicted molar refractivity (Wildman–Crippen MR) is 79.8 cm³/mol. The van der Waals surface area contributed by atoms with Crippen molar-refractivity contribution in [2.45, 2.75) is 39.0 Å². The molecule has 1 heterocycles. The van der Waals surface area contributed by atoms with Crippen molar-refractivity contribution >= 4 is 18.2 Å². The van der Waals surface area contributed by atoms with Crippen molar-refractivity contribution in [3.63, 3.8) is 0 Å². The van der Waals surface area contributed by atoms with Gasteiger partial charge < -0.3 is 4.74 Å². The SMILES string of the molecule is CCCC/C=C1\CCC(CN2CCOCC2)C1=O.Cl. The van der Waals surface area contributed by atoms with Crippen LogP contribution in [0.4, 0.5) is 0 Å². The molecule has 1 aliphatic carbocycles. The number of nitrogens with zero attached hydrogens (tertiary/aromatic N) is 1. The summed E-state index contributed by atoms with van der Waals surface area (Å²) in [6.07, 6.45) is 7.71. The molecule has 19 heavy (non-hydrogen) atoms. The Kier molecular flexibility index (Phi) is 7.66. The Hall–Kier alpha value is -0.380. The van der Waals surface area contributed by atoms with Crippen LogP contribution in [-0.4, -0.2) is 43.5 Å². The molecular formula is C15H26ClNO2. The zero-order chi connectivity index (χ0) is 12.8. The van der Waals surface area contributed by atoms with Crippen molar-refractivity contribution < 1.29 is 9.53 Å². The number of hydrogen-bond acceptors (Lipinski definition) is 3. The predicted octanol–water partition coefficient (Wildman–Crippen LogP) is 2.84. The van der Waals surface area contributed by atoms with Crippen LogP contribution in [-0.2, 0) is 9.53 Å². The molecule has 1 unspecified atom stereocenters. The molecule has 2 fully saturated rings. The lowest BCUT2D eigenvalue weighted by atomic mass is 10.0. The molecule has 0 aromatic carbocycles. The van der Waals surface area contributed by atoms with E-state index in [-0.39, 0.29) is 18.3 Å². The molecule has 2 rings (SSSR count). The van der Waals surface area contributed by atoms with Gasteiger partial charge in [-0.05, 0) is 24.8 Å². The van der Waals surface area contributed by atoms with Crippen molar-refractivity contribution in [1.29, 1.82) is 0 Å². The lowest BCUT2D eigenvalue weighted by molar-refractivity contribution is -0.118. The van der Waals surface area contributed by atoms with Crippen molar-refractivity contribution in [1.82, 2.24) is 4.90 Å². The molecule has 0 aromatic rings. The summed E-state index contributed by atoms with van der Waals surface area (Å²) in [4.78, 5) is 14.6. The van der Waals surface area contributed by atoms with Gasteiger partial charge >= 0.3 is 0 Å². The molecule has 110 valence electrons. The Morgan fingerprint density at radius 2 is 2.11 bits per heavy atom. The monoisotopic (exact) mass is 287 g/mol. The minimum absolute atomic E-state index is 0. The van der Waals surface area contributed by atoms with Crippen molar-refractivity contribution in [2.24, 2.45) is 5.92 Å². The molecule has 4 heteroatoms. The maximum Gasteiger partial charge on any atom is 0.162 e. The number of carbonyl (C=O) groups is 1. The zero-order valence-electron chi connectivity index (χ0n) is 11.9. The van der Waals surface area contributed by atoms with E-state index < -0.39 is 0 Å². The summed E-state index contributed by atoms with van der Waals surface area (Å²) >= 11 is 0. The van der Waals surface area contributed by atoms with Gasteiger partial charge in [0, 0.05) is 25.6 Å². The third kappa shape index (κ3) is 4.90. The number of unbranched alkanes of at least 4 members (excludes halogenated alkanes) is 2. The Balaban J connectivity index is 0.00000180. The smallest absolute Gasteiger partial charge is 0.162 e. The van der Waals surface area contributed by atoms with Crippen LogP contribution >= 0.6 is 12.4 Å². The Labute approximate surface area is 122 Å². The third-order valence-corrected chi connectivity index (χ3v) is 3.98. The van der Waals surface area contributed by atoms with Gasteiger partial charge in [0.1, 0.15) is 0 Å². The van der Waals surface area contributed by atoms with E-state index in [9.17, 15) is 4.79 Å². The highest BCUT2D eigenvalue weighted by Crippen LogP contribution is 2.28. The number of allylic oxidation sites excluding steroid dienone is 2. The normalized spacial score (nSPS) is 26.7. The minimum atomic E-state index is 0. The highest BCUT2D eigenvalue weighted by atomic mass is 35.5. The average molecular weight is 288 g/mol. The Bertz CT molecular complexity index is 311. The van der Waals surface area contributed by atoms with E-state index in [1.165, 1.54) is 12.8 Å². The Morgan fingerprint density at radius 1 is 1.37 bits per heavy atom.